The van der Waals surface area contributed by atoms with Gasteiger partial charge in [0, 0.05) is 16.1 Å². The Labute approximate surface area is 124 Å². The van der Waals surface area contributed by atoms with E-state index < -0.39 is 5.82 Å². The van der Waals surface area contributed by atoms with E-state index in [0.29, 0.717) is 15.7 Å². The standard InChI is InChI=1S/C14H11BrFNOS/c1-8-6-11(15)12(16)7-13(8)17-14(18)9-2-4-10(19)5-3-9/h2-7,19H,1H3,(H,17,18). The van der Waals surface area contributed by atoms with E-state index in [1.165, 1.54) is 6.07 Å². The molecule has 0 spiro atoms. The van der Waals surface area contributed by atoms with Gasteiger partial charge in [0.1, 0.15) is 5.82 Å². The normalized spacial score (nSPS) is 10.3. The second-order valence-electron chi connectivity index (χ2n) is 4.08. The molecule has 0 unspecified atom stereocenters. The fraction of sp³-hybridized carbons (Fsp3) is 0.0714. The Morgan fingerprint density at radius 2 is 1.89 bits per heavy atom. The quantitative estimate of drug-likeness (QED) is 0.778. The van der Waals surface area contributed by atoms with Gasteiger partial charge in [-0.2, -0.15) is 0 Å². The van der Waals surface area contributed by atoms with Crippen LogP contribution in [0.1, 0.15) is 15.9 Å². The number of hydrogen-bond acceptors (Lipinski definition) is 2. The first kappa shape index (κ1) is 14.1. The van der Waals surface area contributed by atoms with Crippen molar-refractivity contribution in [2.75, 3.05) is 5.32 Å². The molecule has 1 amide bonds. The maximum absolute atomic E-state index is 13.5. The summed E-state index contributed by atoms with van der Waals surface area (Å²) in [5.74, 6) is -0.690. The first-order valence-corrected chi connectivity index (χ1v) is 6.77. The third-order valence-corrected chi connectivity index (χ3v) is 3.55. The molecule has 0 aliphatic rings. The van der Waals surface area contributed by atoms with Gasteiger partial charge in [-0.1, -0.05) is 0 Å². The summed E-state index contributed by atoms with van der Waals surface area (Å²) in [6, 6.07) is 9.72. The third-order valence-electron chi connectivity index (χ3n) is 2.64. The van der Waals surface area contributed by atoms with Crippen molar-refractivity contribution in [2.45, 2.75) is 11.8 Å². The number of nitrogens with one attached hydrogen (secondary N) is 1. The molecule has 0 fully saturated rings. The Balaban J connectivity index is 2.24. The molecule has 2 aromatic carbocycles. The molecular weight excluding hydrogens is 329 g/mol. The van der Waals surface area contributed by atoms with E-state index in [0.717, 1.165) is 10.5 Å². The van der Waals surface area contributed by atoms with E-state index >= 15 is 0 Å². The predicted octanol–water partition coefficient (Wildman–Crippen LogP) is 4.44. The molecular formula is C14H11BrFNOS. The monoisotopic (exact) mass is 339 g/mol. The average molecular weight is 340 g/mol. The summed E-state index contributed by atoms with van der Waals surface area (Å²) in [5, 5.41) is 2.69. The molecule has 0 aromatic heterocycles. The van der Waals surface area contributed by atoms with E-state index in [9.17, 15) is 9.18 Å². The van der Waals surface area contributed by atoms with Crippen molar-refractivity contribution in [1.82, 2.24) is 0 Å². The maximum Gasteiger partial charge on any atom is 0.255 e. The van der Waals surface area contributed by atoms with E-state index in [2.05, 4.69) is 33.9 Å². The molecule has 0 saturated carbocycles. The van der Waals surface area contributed by atoms with Crippen LogP contribution in [0.3, 0.4) is 0 Å². The largest absolute Gasteiger partial charge is 0.322 e. The van der Waals surface area contributed by atoms with Crippen molar-refractivity contribution in [3.05, 3.63) is 57.8 Å². The highest BCUT2D eigenvalue weighted by Crippen LogP contribution is 2.24. The molecule has 0 heterocycles. The number of hydrogen-bond donors (Lipinski definition) is 2. The van der Waals surface area contributed by atoms with Crippen LogP contribution in [0, 0.1) is 12.7 Å². The van der Waals surface area contributed by atoms with Crippen LogP contribution in [0.2, 0.25) is 0 Å². The van der Waals surface area contributed by atoms with Crippen LogP contribution in [0.15, 0.2) is 45.8 Å². The van der Waals surface area contributed by atoms with E-state index in [-0.39, 0.29) is 5.91 Å². The topological polar surface area (TPSA) is 29.1 Å². The number of carbonyl (C=O) groups excluding carboxylic acids is 1. The first-order valence-electron chi connectivity index (χ1n) is 5.53. The molecule has 0 saturated heterocycles. The molecule has 5 heteroatoms. The SMILES string of the molecule is Cc1cc(Br)c(F)cc1NC(=O)c1ccc(S)cc1. The molecule has 19 heavy (non-hydrogen) atoms. The molecule has 2 aromatic rings. The summed E-state index contributed by atoms with van der Waals surface area (Å²) < 4.78 is 13.8. The lowest BCUT2D eigenvalue weighted by Gasteiger charge is -2.09. The zero-order valence-electron chi connectivity index (χ0n) is 10.1. The Bertz CT molecular complexity index is 628. The van der Waals surface area contributed by atoms with Crippen molar-refractivity contribution in [3.63, 3.8) is 0 Å². The van der Waals surface area contributed by atoms with Crippen molar-refractivity contribution in [1.29, 1.82) is 0 Å². The van der Waals surface area contributed by atoms with Crippen LogP contribution in [0.4, 0.5) is 10.1 Å². The fourth-order valence-electron chi connectivity index (χ4n) is 1.59. The summed E-state index contributed by atoms with van der Waals surface area (Å²) >= 11 is 7.26. The molecule has 0 bridgehead atoms. The Hall–Kier alpha value is -1.33. The van der Waals surface area contributed by atoms with Gasteiger partial charge in [-0.05, 0) is 64.8 Å². The molecule has 0 aliphatic heterocycles. The number of thiol groups is 1. The third kappa shape index (κ3) is 3.36. The number of benzene rings is 2. The van der Waals surface area contributed by atoms with Crippen molar-refractivity contribution < 1.29 is 9.18 Å². The van der Waals surface area contributed by atoms with Crippen molar-refractivity contribution in [3.8, 4) is 0 Å². The lowest BCUT2D eigenvalue weighted by molar-refractivity contribution is 0.102. The van der Waals surface area contributed by atoms with Gasteiger partial charge in [-0.25, -0.2) is 4.39 Å². The summed E-state index contributed by atoms with van der Waals surface area (Å²) in [4.78, 5) is 12.8. The zero-order chi connectivity index (χ0) is 14.0. The van der Waals surface area contributed by atoms with E-state index in [1.54, 1.807) is 37.3 Å². The fourth-order valence-corrected chi connectivity index (χ4v) is 2.20. The highest BCUT2D eigenvalue weighted by atomic mass is 79.9. The van der Waals surface area contributed by atoms with Crippen LogP contribution in [-0.4, -0.2) is 5.91 Å². The Morgan fingerprint density at radius 3 is 2.53 bits per heavy atom. The summed E-state index contributed by atoms with van der Waals surface area (Å²) in [6.07, 6.45) is 0. The minimum Gasteiger partial charge on any atom is -0.322 e. The number of anilines is 1. The van der Waals surface area contributed by atoms with Crippen LogP contribution in [0.25, 0.3) is 0 Å². The summed E-state index contributed by atoms with van der Waals surface area (Å²) in [6.45, 7) is 1.80. The summed E-state index contributed by atoms with van der Waals surface area (Å²) in [7, 11) is 0. The number of rotatable bonds is 2. The highest BCUT2D eigenvalue weighted by molar-refractivity contribution is 9.10. The Kier molecular flexibility index (Phi) is 4.27. The molecule has 2 nitrogen and oxygen atoms in total. The van der Waals surface area contributed by atoms with Gasteiger partial charge < -0.3 is 5.32 Å². The van der Waals surface area contributed by atoms with Crippen LogP contribution >= 0.6 is 28.6 Å². The van der Waals surface area contributed by atoms with Crippen LogP contribution in [0.5, 0.6) is 0 Å². The van der Waals surface area contributed by atoms with Gasteiger partial charge in [-0.3, -0.25) is 4.79 Å². The van der Waals surface area contributed by atoms with Crippen LogP contribution in [-0.2, 0) is 0 Å². The highest BCUT2D eigenvalue weighted by Gasteiger charge is 2.10. The lowest BCUT2D eigenvalue weighted by Crippen LogP contribution is -2.12. The second kappa shape index (κ2) is 5.75. The minimum absolute atomic E-state index is 0.279. The van der Waals surface area contributed by atoms with E-state index in [4.69, 9.17) is 0 Å². The average Bonchev–Trinajstić information content (AvgIpc) is 2.36. The maximum atomic E-state index is 13.5. The molecule has 0 atom stereocenters. The Morgan fingerprint density at radius 1 is 1.26 bits per heavy atom. The van der Waals surface area contributed by atoms with Gasteiger partial charge in [0.15, 0.2) is 0 Å². The smallest absolute Gasteiger partial charge is 0.255 e. The molecule has 0 aliphatic carbocycles. The van der Waals surface area contributed by atoms with Crippen molar-refractivity contribution in [2.24, 2.45) is 0 Å². The van der Waals surface area contributed by atoms with Gasteiger partial charge in [0.25, 0.3) is 5.91 Å². The van der Waals surface area contributed by atoms with Gasteiger partial charge in [0.05, 0.1) is 4.47 Å². The molecule has 2 rings (SSSR count). The number of carbonyl (C=O) groups is 1. The lowest BCUT2D eigenvalue weighted by atomic mass is 10.1. The minimum atomic E-state index is -0.411. The van der Waals surface area contributed by atoms with Gasteiger partial charge >= 0.3 is 0 Å². The predicted molar refractivity (Wildman–Crippen MR) is 80.5 cm³/mol. The summed E-state index contributed by atoms with van der Waals surface area (Å²) in [5.41, 5.74) is 1.74. The van der Waals surface area contributed by atoms with E-state index in [1.807, 2.05) is 0 Å². The second-order valence-corrected chi connectivity index (χ2v) is 5.45. The number of halogens is 2. The van der Waals surface area contributed by atoms with Gasteiger partial charge in [0.2, 0.25) is 0 Å². The van der Waals surface area contributed by atoms with Crippen molar-refractivity contribution >= 4 is 40.2 Å². The van der Waals surface area contributed by atoms with Gasteiger partial charge in [-0.15, -0.1) is 12.6 Å². The first-order chi connectivity index (χ1) is 8.97. The van der Waals surface area contributed by atoms with Crippen LogP contribution < -0.4 is 5.32 Å². The zero-order valence-corrected chi connectivity index (χ0v) is 12.6. The number of amides is 1. The number of aryl methyl sites for hydroxylation is 1. The molecule has 0 radical (unpaired) electrons. The molecule has 98 valence electrons. The molecule has 1 N–H and O–H groups in total.